The minimum atomic E-state index is 0.795. The van der Waals surface area contributed by atoms with Crippen LogP contribution in [0.4, 0.5) is 0 Å². The number of rotatable bonds is 2. The summed E-state index contributed by atoms with van der Waals surface area (Å²) in [5.74, 6) is 0.884. The number of hydrogen-bond acceptors (Lipinski definition) is 1. The van der Waals surface area contributed by atoms with Crippen molar-refractivity contribution in [2.45, 2.75) is 6.92 Å². The highest BCUT2D eigenvalue weighted by Crippen LogP contribution is 2.12. The van der Waals surface area contributed by atoms with Crippen LogP contribution in [0.15, 0.2) is 25.0 Å². The molecular weight excluding hydrogens is 204 g/mol. The fourth-order valence-corrected chi connectivity index (χ4v) is 1.09. The Kier molecular flexibility index (Phi) is 2.65. The molecule has 1 aromatic heterocycles. The van der Waals surface area contributed by atoms with Gasteiger partial charge in [0.15, 0.2) is 0 Å². The summed E-state index contributed by atoms with van der Waals surface area (Å²) in [7, 11) is 0. The highest BCUT2D eigenvalue weighted by Gasteiger charge is 1.97. The van der Waals surface area contributed by atoms with E-state index in [9.17, 15) is 0 Å². The topological polar surface area (TPSA) is 17.8 Å². The molecule has 0 saturated carbocycles. The third-order valence-corrected chi connectivity index (χ3v) is 1.63. The molecule has 0 amide bonds. The van der Waals surface area contributed by atoms with Gasteiger partial charge in [-0.05, 0) is 28.9 Å². The Bertz CT molecular complexity index is 286. The van der Waals surface area contributed by atoms with Crippen molar-refractivity contribution in [2.24, 2.45) is 0 Å². The Labute approximate surface area is 74.4 Å². The number of hydrogen-bond donors (Lipinski definition) is 0. The fourth-order valence-electron chi connectivity index (χ4n) is 0.793. The van der Waals surface area contributed by atoms with Crippen LogP contribution in [0.1, 0.15) is 12.7 Å². The normalized spacial score (nSPS) is 10.7. The lowest BCUT2D eigenvalue weighted by Gasteiger charge is -1.99. The lowest BCUT2D eigenvalue weighted by Crippen LogP contribution is -1.90. The van der Waals surface area contributed by atoms with E-state index in [1.807, 2.05) is 29.8 Å². The van der Waals surface area contributed by atoms with Gasteiger partial charge in [-0.1, -0.05) is 12.7 Å². The molecule has 2 nitrogen and oxygen atoms in total. The van der Waals surface area contributed by atoms with Crippen LogP contribution < -0.4 is 0 Å². The van der Waals surface area contributed by atoms with E-state index in [0.717, 1.165) is 10.4 Å². The van der Waals surface area contributed by atoms with Crippen molar-refractivity contribution in [2.75, 3.05) is 0 Å². The first-order valence-corrected chi connectivity index (χ1v) is 4.06. The van der Waals surface area contributed by atoms with Crippen LogP contribution in [0.2, 0.25) is 0 Å². The van der Waals surface area contributed by atoms with Gasteiger partial charge in [0.25, 0.3) is 0 Å². The molecule has 1 aromatic rings. The van der Waals surface area contributed by atoms with E-state index in [-0.39, 0.29) is 0 Å². The molecule has 0 aliphatic rings. The third kappa shape index (κ3) is 1.80. The smallest absolute Gasteiger partial charge is 0.137 e. The van der Waals surface area contributed by atoms with Gasteiger partial charge in [0.1, 0.15) is 5.82 Å². The average molecular weight is 213 g/mol. The summed E-state index contributed by atoms with van der Waals surface area (Å²) in [4.78, 5) is 4.11. The van der Waals surface area contributed by atoms with E-state index in [1.54, 1.807) is 6.20 Å². The molecule has 0 aliphatic heterocycles. The van der Waals surface area contributed by atoms with E-state index in [0.29, 0.717) is 0 Å². The van der Waals surface area contributed by atoms with Gasteiger partial charge in [0.2, 0.25) is 0 Å². The zero-order valence-corrected chi connectivity index (χ0v) is 7.87. The van der Waals surface area contributed by atoms with Crippen molar-refractivity contribution in [1.29, 1.82) is 0 Å². The maximum absolute atomic E-state index is 4.11. The number of halogens is 1. The molecule has 0 saturated heterocycles. The minimum absolute atomic E-state index is 0.795. The van der Waals surface area contributed by atoms with Crippen LogP contribution in [0.25, 0.3) is 10.7 Å². The van der Waals surface area contributed by atoms with Crippen LogP contribution in [-0.4, -0.2) is 9.55 Å². The summed E-state index contributed by atoms with van der Waals surface area (Å²) >= 11 is 3.28. The quantitative estimate of drug-likeness (QED) is 0.738. The second-order valence-electron chi connectivity index (χ2n) is 2.03. The third-order valence-electron chi connectivity index (χ3n) is 1.25. The number of imidazole rings is 1. The van der Waals surface area contributed by atoms with E-state index in [2.05, 4.69) is 27.5 Å². The van der Waals surface area contributed by atoms with Crippen LogP contribution >= 0.6 is 15.9 Å². The van der Waals surface area contributed by atoms with Crippen LogP contribution in [0.5, 0.6) is 0 Å². The van der Waals surface area contributed by atoms with E-state index >= 15 is 0 Å². The van der Waals surface area contributed by atoms with Crippen LogP contribution in [0, 0.1) is 0 Å². The van der Waals surface area contributed by atoms with Gasteiger partial charge in [-0.2, -0.15) is 0 Å². The maximum atomic E-state index is 4.11. The molecular formula is C8H9BrN2. The molecule has 0 aliphatic carbocycles. The first-order chi connectivity index (χ1) is 5.25. The van der Waals surface area contributed by atoms with Crippen molar-refractivity contribution < 1.29 is 0 Å². The predicted molar refractivity (Wildman–Crippen MR) is 51.2 cm³/mol. The molecule has 1 heterocycles. The summed E-state index contributed by atoms with van der Waals surface area (Å²) in [6.45, 7) is 5.70. The lowest BCUT2D eigenvalue weighted by atomic mass is 10.5. The molecule has 0 atom stereocenters. The van der Waals surface area contributed by atoms with Gasteiger partial charge in [-0.25, -0.2) is 4.98 Å². The van der Waals surface area contributed by atoms with Gasteiger partial charge >= 0.3 is 0 Å². The second kappa shape index (κ2) is 3.53. The van der Waals surface area contributed by atoms with Crippen molar-refractivity contribution in [3.63, 3.8) is 0 Å². The van der Waals surface area contributed by atoms with Crippen molar-refractivity contribution in [3.8, 4) is 0 Å². The molecule has 0 aromatic carbocycles. The van der Waals surface area contributed by atoms with Crippen LogP contribution in [0.3, 0.4) is 0 Å². The summed E-state index contributed by atoms with van der Waals surface area (Å²) in [5.41, 5.74) is 0. The molecule has 0 spiro atoms. The first kappa shape index (κ1) is 8.27. The highest BCUT2D eigenvalue weighted by atomic mass is 79.9. The van der Waals surface area contributed by atoms with E-state index < -0.39 is 0 Å². The molecule has 1 rings (SSSR count). The largest absolute Gasteiger partial charge is 0.294 e. The number of nitrogens with zero attached hydrogens (tertiary/aromatic N) is 2. The predicted octanol–water partition coefficient (Wildman–Crippen LogP) is 2.74. The Balaban J connectivity index is 3.05. The molecule has 0 fully saturated rings. The van der Waals surface area contributed by atoms with Crippen molar-refractivity contribution in [3.05, 3.63) is 30.9 Å². The summed E-state index contributed by atoms with van der Waals surface area (Å²) in [5, 5.41) is 0. The van der Waals surface area contributed by atoms with Crippen LogP contribution in [-0.2, 0) is 0 Å². The Morgan fingerprint density at radius 1 is 1.82 bits per heavy atom. The molecule has 0 bridgehead atoms. The second-order valence-corrected chi connectivity index (χ2v) is 2.95. The monoisotopic (exact) mass is 212 g/mol. The van der Waals surface area contributed by atoms with E-state index in [1.165, 1.54) is 0 Å². The standard InChI is InChI=1S/C8H9BrN2/c1-3-4-8-10-5-6-11(8)7(2)9/h3-6H,2H2,1H3/b4-3-. The Morgan fingerprint density at radius 2 is 2.55 bits per heavy atom. The van der Waals surface area contributed by atoms with Gasteiger partial charge in [-0.3, -0.25) is 4.57 Å². The average Bonchev–Trinajstić information content (AvgIpc) is 2.36. The fraction of sp³-hybridized carbons (Fsp3) is 0.125. The van der Waals surface area contributed by atoms with Gasteiger partial charge < -0.3 is 0 Å². The number of aromatic nitrogens is 2. The summed E-state index contributed by atoms with van der Waals surface area (Å²) in [6, 6.07) is 0. The molecule has 0 N–H and O–H groups in total. The summed E-state index contributed by atoms with van der Waals surface area (Å²) < 4.78 is 2.66. The van der Waals surface area contributed by atoms with Crippen molar-refractivity contribution in [1.82, 2.24) is 9.55 Å². The zero-order valence-electron chi connectivity index (χ0n) is 6.29. The van der Waals surface area contributed by atoms with Crippen molar-refractivity contribution >= 4 is 26.6 Å². The zero-order chi connectivity index (χ0) is 8.27. The summed E-state index contributed by atoms with van der Waals surface area (Å²) in [6.07, 6.45) is 7.45. The lowest BCUT2D eigenvalue weighted by molar-refractivity contribution is 1.10. The number of allylic oxidation sites excluding steroid dienone is 1. The Morgan fingerprint density at radius 3 is 3.09 bits per heavy atom. The SMILES string of the molecule is C=C(Br)n1ccnc1/C=C\C. The Hall–Kier alpha value is -0.830. The molecule has 3 heteroatoms. The van der Waals surface area contributed by atoms with Gasteiger partial charge in [-0.15, -0.1) is 0 Å². The highest BCUT2D eigenvalue weighted by molar-refractivity contribution is 9.14. The molecule has 0 unspecified atom stereocenters. The molecule has 58 valence electrons. The maximum Gasteiger partial charge on any atom is 0.137 e. The van der Waals surface area contributed by atoms with E-state index in [4.69, 9.17) is 0 Å². The van der Waals surface area contributed by atoms with Gasteiger partial charge in [0.05, 0.1) is 4.61 Å². The molecule has 0 radical (unpaired) electrons. The molecule has 11 heavy (non-hydrogen) atoms. The van der Waals surface area contributed by atoms with Gasteiger partial charge in [0, 0.05) is 12.4 Å². The minimum Gasteiger partial charge on any atom is -0.294 e. The first-order valence-electron chi connectivity index (χ1n) is 3.26.